The third-order valence-electron chi connectivity index (χ3n) is 2.80. The third kappa shape index (κ3) is 4.08. The van der Waals surface area contributed by atoms with Gasteiger partial charge in [-0.2, -0.15) is 0 Å². The van der Waals surface area contributed by atoms with Gasteiger partial charge in [-0.15, -0.1) is 0 Å². The number of benzene rings is 2. The fourth-order valence-corrected chi connectivity index (χ4v) is 3.21. The van der Waals surface area contributed by atoms with E-state index in [-0.39, 0.29) is 6.04 Å². The molecule has 2 rings (SSSR count). The zero-order chi connectivity index (χ0) is 14.0. The van der Waals surface area contributed by atoms with Crippen molar-refractivity contribution >= 4 is 61.7 Å². The van der Waals surface area contributed by atoms with E-state index in [1.165, 1.54) is 3.57 Å². The minimum atomic E-state index is -0.0821. The summed E-state index contributed by atoms with van der Waals surface area (Å²) in [5.74, 6) is 0. The van der Waals surface area contributed by atoms with Crippen LogP contribution in [0.5, 0.6) is 0 Å². The first-order chi connectivity index (χ1) is 8.97. The van der Waals surface area contributed by atoms with Crippen LogP contribution in [0.1, 0.15) is 17.2 Å². The Kier molecular flexibility index (Phi) is 5.55. The smallest absolute Gasteiger partial charge is 0.0595 e. The maximum atomic E-state index is 6.28. The highest BCUT2D eigenvalue weighted by molar-refractivity contribution is 14.1. The first kappa shape index (κ1) is 15.6. The van der Waals surface area contributed by atoms with Crippen LogP contribution in [0.15, 0.2) is 40.9 Å². The number of halogens is 4. The normalized spacial score (nSPS) is 12.5. The average Bonchev–Trinajstić information content (AvgIpc) is 2.36. The molecule has 0 spiro atoms. The molecule has 0 aliphatic carbocycles. The summed E-state index contributed by atoms with van der Waals surface area (Å²) in [4.78, 5) is 0. The average molecular weight is 471 g/mol. The highest BCUT2D eigenvalue weighted by atomic mass is 127. The summed E-state index contributed by atoms with van der Waals surface area (Å²) < 4.78 is 2.20. The van der Waals surface area contributed by atoms with Crippen LogP contribution in [-0.2, 0) is 6.42 Å². The van der Waals surface area contributed by atoms with Gasteiger partial charge in [0.15, 0.2) is 0 Å². The Morgan fingerprint density at radius 2 is 1.84 bits per heavy atom. The first-order valence-corrected chi connectivity index (χ1v) is 8.24. The zero-order valence-corrected chi connectivity index (χ0v) is 15.1. The summed E-state index contributed by atoms with van der Waals surface area (Å²) in [7, 11) is 0. The highest BCUT2D eigenvalue weighted by Gasteiger charge is 2.12. The standard InChI is InChI=1S/C14H11BrCl2IN/c15-11-3-2-9(18)7-10(11)14(19)6-8-1-4-12(16)13(17)5-8/h1-5,7,14H,6,19H2. The Labute approximate surface area is 144 Å². The summed E-state index contributed by atoms with van der Waals surface area (Å²) in [5.41, 5.74) is 8.45. The Morgan fingerprint density at radius 1 is 1.11 bits per heavy atom. The maximum absolute atomic E-state index is 6.28. The predicted octanol–water partition coefficient (Wildman–Crippen LogP) is 5.60. The molecule has 1 nitrogen and oxygen atoms in total. The number of rotatable bonds is 3. The Morgan fingerprint density at radius 3 is 2.53 bits per heavy atom. The largest absolute Gasteiger partial charge is 0.324 e. The van der Waals surface area contributed by atoms with Crippen molar-refractivity contribution in [3.8, 4) is 0 Å². The van der Waals surface area contributed by atoms with Gasteiger partial charge in [-0.3, -0.25) is 0 Å². The molecule has 0 radical (unpaired) electrons. The monoisotopic (exact) mass is 469 g/mol. The molecule has 0 aliphatic rings. The quantitative estimate of drug-likeness (QED) is 0.580. The molecule has 0 aromatic heterocycles. The van der Waals surface area contributed by atoms with Gasteiger partial charge in [-0.1, -0.05) is 45.2 Å². The third-order valence-corrected chi connectivity index (χ3v) is 4.93. The van der Waals surface area contributed by atoms with Gasteiger partial charge >= 0.3 is 0 Å². The lowest BCUT2D eigenvalue weighted by molar-refractivity contribution is 0.718. The minimum absolute atomic E-state index is 0.0821. The number of hydrogen-bond acceptors (Lipinski definition) is 1. The van der Waals surface area contributed by atoms with E-state index in [4.69, 9.17) is 28.9 Å². The van der Waals surface area contributed by atoms with E-state index in [1.54, 1.807) is 6.07 Å². The fourth-order valence-electron chi connectivity index (χ4n) is 1.83. The number of nitrogens with two attached hydrogens (primary N) is 1. The molecule has 100 valence electrons. The Hall–Kier alpha value is 0.190. The van der Waals surface area contributed by atoms with Crippen LogP contribution in [-0.4, -0.2) is 0 Å². The van der Waals surface area contributed by atoms with E-state index in [1.807, 2.05) is 24.3 Å². The predicted molar refractivity (Wildman–Crippen MR) is 94.0 cm³/mol. The van der Waals surface area contributed by atoms with Gasteiger partial charge in [0.05, 0.1) is 10.0 Å². The topological polar surface area (TPSA) is 26.0 Å². The van der Waals surface area contributed by atoms with E-state index in [2.05, 4.69) is 44.6 Å². The maximum Gasteiger partial charge on any atom is 0.0595 e. The van der Waals surface area contributed by atoms with Gasteiger partial charge in [-0.25, -0.2) is 0 Å². The second-order valence-electron chi connectivity index (χ2n) is 4.22. The van der Waals surface area contributed by atoms with E-state index >= 15 is 0 Å². The van der Waals surface area contributed by atoms with Crippen molar-refractivity contribution in [1.29, 1.82) is 0 Å². The van der Waals surface area contributed by atoms with Crippen LogP contribution in [0.4, 0.5) is 0 Å². The van der Waals surface area contributed by atoms with Crippen molar-refractivity contribution in [3.63, 3.8) is 0 Å². The summed E-state index contributed by atoms with van der Waals surface area (Å²) in [5, 5.41) is 1.13. The molecule has 5 heteroatoms. The van der Waals surface area contributed by atoms with Crippen LogP contribution in [0, 0.1) is 3.57 Å². The SMILES string of the molecule is NC(Cc1ccc(Cl)c(Cl)c1)c1cc(I)ccc1Br. The summed E-state index contributed by atoms with van der Waals surface area (Å²) >= 11 is 17.7. The van der Waals surface area contributed by atoms with Crippen LogP contribution < -0.4 is 5.73 Å². The molecule has 1 atom stereocenters. The molecule has 2 aromatic rings. The van der Waals surface area contributed by atoms with Gasteiger partial charge in [-0.05, 0) is 70.5 Å². The van der Waals surface area contributed by atoms with E-state index in [0.717, 1.165) is 22.0 Å². The zero-order valence-electron chi connectivity index (χ0n) is 9.84. The van der Waals surface area contributed by atoms with Gasteiger partial charge in [0.2, 0.25) is 0 Å². The second-order valence-corrected chi connectivity index (χ2v) is 7.14. The number of hydrogen-bond donors (Lipinski definition) is 1. The Balaban J connectivity index is 2.22. The van der Waals surface area contributed by atoms with Gasteiger partial charge in [0.1, 0.15) is 0 Å². The van der Waals surface area contributed by atoms with Crippen molar-refractivity contribution in [3.05, 3.63) is 65.6 Å². The summed E-state index contributed by atoms with van der Waals surface area (Å²) in [6.45, 7) is 0. The Bertz CT molecular complexity index is 604. The first-order valence-electron chi connectivity index (χ1n) is 5.62. The van der Waals surface area contributed by atoms with E-state index in [0.29, 0.717) is 10.0 Å². The van der Waals surface area contributed by atoms with Crippen molar-refractivity contribution < 1.29 is 0 Å². The van der Waals surface area contributed by atoms with E-state index in [9.17, 15) is 0 Å². The highest BCUT2D eigenvalue weighted by Crippen LogP contribution is 2.28. The molecule has 2 N–H and O–H groups in total. The summed E-state index contributed by atoms with van der Waals surface area (Å²) in [6, 6.07) is 11.7. The fraction of sp³-hybridized carbons (Fsp3) is 0.143. The second kappa shape index (κ2) is 6.76. The molecule has 0 bridgehead atoms. The van der Waals surface area contributed by atoms with Crippen LogP contribution in [0.2, 0.25) is 10.0 Å². The minimum Gasteiger partial charge on any atom is -0.324 e. The molecular weight excluding hydrogens is 460 g/mol. The molecule has 19 heavy (non-hydrogen) atoms. The molecule has 0 saturated carbocycles. The lowest BCUT2D eigenvalue weighted by Crippen LogP contribution is -2.14. The molecule has 1 unspecified atom stereocenters. The lowest BCUT2D eigenvalue weighted by atomic mass is 10.00. The van der Waals surface area contributed by atoms with Gasteiger partial charge in [0, 0.05) is 14.1 Å². The van der Waals surface area contributed by atoms with Crippen molar-refractivity contribution in [2.75, 3.05) is 0 Å². The van der Waals surface area contributed by atoms with Crippen molar-refractivity contribution in [1.82, 2.24) is 0 Å². The van der Waals surface area contributed by atoms with E-state index < -0.39 is 0 Å². The van der Waals surface area contributed by atoms with Gasteiger partial charge in [0.25, 0.3) is 0 Å². The van der Waals surface area contributed by atoms with Crippen LogP contribution in [0.25, 0.3) is 0 Å². The summed E-state index contributed by atoms with van der Waals surface area (Å²) in [6.07, 6.45) is 0.718. The molecule has 0 aliphatic heterocycles. The molecule has 0 saturated heterocycles. The van der Waals surface area contributed by atoms with Crippen molar-refractivity contribution in [2.24, 2.45) is 5.73 Å². The molecular formula is C14H11BrCl2IN. The molecule has 2 aromatic carbocycles. The van der Waals surface area contributed by atoms with Crippen LogP contribution >= 0.6 is 61.7 Å². The van der Waals surface area contributed by atoms with Crippen LogP contribution in [0.3, 0.4) is 0 Å². The lowest BCUT2D eigenvalue weighted by Gasteiger charge is -2.15. The molecule has 0 fully saturated rings. The molecule has 0 heterocycles. The van der Waals surface area contributed by atoms with Gasteiger partial charge < -0.3 is 5.73 Å². The van der Waals surface area contributed by atoms with Crippen molar-refractivity contribution in [2.45, 2.75) is 12.5 Å². The molecule has 0 amide bonds.